The van der Waals surface area contributed by atoms with Crippen molar-refractivity contribution < 1.29 is 22.4 Å². The highest BCUT2D eigenvalue weighted by Gasteiger charge is 2.36. The molecule has 1 aromatic carbocycles. The van der Waals surface area contributed by atoms with Crippen LogP contribution in [0.1, 0.15) is 42.7 Å². The van der Waals surface area contributed by atoms with Crippen LogP contribution in [0.25, 0.3) is 0 Å². The summed E-state index contributed by atoms with van der Waals surface area (Å²) in [6, 6.07) is 2.93. The number of halogens is 4. The molecular weight excluding hydrogens is 374 g/mol. The van der Waals surface area contributed by atoms with Gasteiger partial charge in [-0.2, -0.15) is 24.9 Å². The Kier molecular flexibility index (Phi) is 7.49. The van der Waals surface area contributed by atoms with Gasteiger partial charge in [0.25, 0.3) is 0 Å². The van der Waals surface area contributed by atoms with Gasteiger partial charge in [-0.15, -0.1) is 11.8 Å². The van der Waals surface area contributed by atoms with Gasteiger partial charge in [0.2, 0.25) is 5.91 Å². The lowest BCUT2D eigenvalue weighted by atomic mass is 10.1. The lowest BCUT2D eigenvalue weighted by Crippen LogP contribution is -2.30. The van der Waals surface area contributed by atoms with E-state index >= 15 is 0 Å². The normalized spacial score (nSPS) is 18.2. The van der Waals surface area contributed by atoms with Crippen LogP contribution >= 0.6 is 23.5 Å². The van der Waals surface area contributed by atoms with Gasteiger partial charge in [-0.05, 0) is 29.9 Å². The molecule has 1 heterocycles. The molecule has 1 aromatic rings. The number of carbonyl (C=O) groups is 1. The minimum atomic E-state index is -4.71. The summed E-state index contributed by atoms with van der Waals surface area (Å²) in [4.78, 5) is 13.7. The highest BCUT2D eigenvalue weighted by atomic mass is 32.2. The number of rotatable bonds is 8. The average Bonchev–Trinajstić information content (AvgIpc) is 2.90. The third-order valence-corrected chi connectivity index (χ3v) is 6.23. The lowest BCUT2D eigenvalue weighted by molar-refractivity contribution is -0.140. The van der Waals surface area contributed by atoms with Crippen LogP contribution in [0.15, 0.2) is 18.2 Å². The molecule has 0 aliphatic carbocycles. The van der Waals surface area contributed by atoms with Crippen LogP contribution in [0, 0.1) is 5.82 Å². The Hall–Kier alpha value is -0.890. The van der Waals surface area contributed by atoms with Crippen LogP contribution in [0.5, 0.6) is 0 Å². The first-order chi connectivity index (χ1) is 11.8. The number of hydrogen-bond donors (Lipinski definition) is 0. The monoisotopic (exact) mass is 395 g/mol. The van der Waals surface area contributed by atoms with Crippen molar-refractivity contribution in [3.05, 3.63) is 35.1 Å². The van der Waals surface area contributed by atoms with Crippen molar-refractivity contribution in [3.63, 3.8) is 0 Å². The molecule has 8 heteroatoms. The quantitative estimate of drug-likeness (QED) is 0.438. The standard InChI is InChI=1S/C17H21F4NOS2/c1-2-3-4-8-24-9-7-22-15(23)11-25-16(22)12-5-6-13(14(18)10-12)17(19,20)21/h5-6,10,16H,2-4,7-9,11H2,1H3. The van der Waals surface area contributed by atoms with Crippen LogP contribution in [-0.2, 0) is 11.0 Å². The Balaban J connectivity index is 2.00. The summed E-state index contributed by atoms with van der Waals surface area (Å²) in [5.74, 6) is 0.731. The first kappa shape index (κ1) is 20.4. The van der Waals surface area contributed by atoms with Crippen molar-refractivity contribution in [2.45, 2.75) is 37.7 Å². The zero-order valence-corrected chi connectivity index (χ0v) is 15.6. The summed E-state index contributed by atoms with van der Waals surface area (Å²) in [6.07, 6.45) is -1.24. The number of carbonyl (C=O) groups excluding carboxylic acids is 1. The molecule has 0 bridgehead atoms. The molecule has 2 rings (SSSR count). The number of benzene rings is 1. The van der Waals surface area contributed by atoms with Crippen LogP contribution in [0.3, 0.4) is 0 Å². The fourth-order valence-corrected chi connectivity index (χ4v) is 4.75. The minimum Gasteiger partial charge on any atom is -0.325 e. The molecule has 1 fully saturated rings. The van der Waals surface area contributed by atoms with E-state index in [0.717, 1.165) is 36.5 Å². The number of hydrogen-bond acceptors (Lipinski definition) is 3. The van der Waals surface area contributed by atoms with Gasteiger partial charge in [0.15, 0.2) is 0 Å². The minimum absolute atomic E-state index is 0.0514. The fraction of sp³-hybridized carbons (Fsp3) is 0.588. The second-order valence-electron chi connectivity index (χ2n) is 5.81. The third kappa shape index (κ3) is 5.54. The molecule has 1 aliphatic heterocycles. The van der Waals surface area contributed by atoms with Gasteiger partial charge in [-0.1, -0.05) is 25.8 Å². The topological polar surface area (TPSA) is 20.3 Å². The highest BCUT2D eigenvalue weighted by molar-refractivity contribution is 8.00. The number of nitrogens with zero attached hydrogens (tertiary/aromatic N) is 1. The zero-order chi connectivity index (χ0) is 18.4. The Morgan fingerprint density at radius 3 is 2.68 bits per heavy atom. The molecule has 2 nitrogen and oxygen atoms in total. The van der Waals surface area contributed by atoms with Crippen LogP contribution in [0.4, 0.5) is 17.6 Å². The Morgan fingerprint density at radius 2 is 2.04 bits per heavy atom. The number of amides is 1. The molecule has 140 valence electrons. The largest absolute Gasteiger partial charge is 0.419 e. The van der Waals surface area contributed by atoms with Gasteiger partial charge < -0.3 is 4.90 Å². The first-order valence-corrected chi connectivity index (χ1v) is 10.4. The number of alkyl halides is 3. The third-order valence-electron chi connectivity index (χ3n) is 3.92. The van der Waals surface area contributed by atoms with E-state index in [2.05, 4.69) is 6.92 Å². The van der Waals surface area contributed by atoms with E-state index in [1.165, 1.54) is 24.2 Å². The number of thioether (sulfide) groups is 2. The molecule has 1 amide bonds. The van der Waals surface area contributed by atoms with Crippen molar-refractivity contribution in [1.29, 1.82) is 0 Å². The second-order valence-corrected chi connectivity index (χ2v) is 8.10. The molecule has 1 saturated heterocycles. The smallest absolute Gasteiger partial charge is 0.325 e. The molecule has 1 unspecified atom stereocenters. The van der Waals surface area contributed by atoms with Gasteiger partial charge in [-0.25, -0.2) is 4.39 Å². The zero-order valence-electron chi connectivity index (χ0n) is 13.9. The molecular formula is C17H21F4NOS2. The summed E-state index contributed by atoms with van der Waals surface area (Å²) in [7, 11) is 0. The SMILES string of the molecule is CCCCCSCCN1C(=O)CSC1c1ccc(C(F)(F)F)c(F)c1. The van der Waals surface area contributed by atoms with E-state index in [1.807, 2.05) is 0 Å². The van der Waals surface area contributed by atoms with Crippen LogP contribution in [0.2, 0.25) is 0 Å². The molecule has 1 aliphatic rings. The van der Waals surface area contributed by atoms with Crippen molar-refractivity contribution >= 4 is 29.4 Å². The maximum Gasteiger partial charge on any atom is 0.419 e. The van der Waals surface area contributed by atoms with E-state index in [4.69, 9.17) is 0 Å². The average molecular weight is 395 g/mol. The van der Waals surface area contributed by atoms with Crippen molar-refractivity contribution in [3.8, 4) is 0 Å². The predicted octanol–water partition coefficient (Wildman–Crippen LogP) is 5.34. The summed E-state index contributed by atoms with van der Waals surface area (Å²) >= 11 is 3.09. The van der Waals surface area contributed by atoms with Crippen molar-refractivity contribution in [2.24, 2.45) is 0 Å². The summed E-state index contributed by atoms with van der Waals surface area (Å²) < 4.78 is 51.8. The van der Waals surface area contributed by atoms with Crippen molar-refractivity contribution in [2.75, 3.05) is 23.8 Å². The summed E-state index contributed by atoms with van der Waals surface area (Å²) in [6.45, 7) is 2.66. The summed E-state index contributed by atoms with van der Waals surface area (Å²) in [5.41, 5.74) is -0.874. The van der Waals surface area contributed by atoms with Crippen molar-refractivity contribution in [1.82, 2.24) is 4.90 Å². The van der Waals surface area contributed by atoms with Gasteiger partial charge >= 0.3 is 6.18 Å². The molecule has 0 aromatic heterocycles. The molecule has 0 radical (unpaired) electrons. The molecule has 1 atom stereocenters. The Bertz CT molecular complexity index is 595. The van der Waals surface area contributed by atoms with Gasteiger partial charge in [0.1, 0.15) is 11.2 Å². The molecule has 25 heavy (non-hydrogen) atoms. The molecule has 0 spiro atoms. The van der Waals surface area contributed by atoms with E-state index in [-0.39, 0.29) is 11.7 Å². The Labute approximate surface area is 153 Å². The van der Waals surface area contributed by atoms with Gasteiger partial charge in [0.05, 0.1) is 11.3 Å². The van der Waals surface area contributed by atoms with E-state index in [0.29, 0.717) is 12.1 Å². The van der Waals surface area contributed by atoms with E-state index in [1.54, 1.807) is 16.7 Å². The fourth-order valence-electron chi connectivity index (χ4n) is 2.61. The molecule has 0 N–H and O–H groups in total. The first-order valence-electron chi connectivity index (χ1n) is 8.20. The maximum atomic E-state index is 13.8. The molecule has 0 saturated carbocycles. The Morgan fingerprint density at radius 1 is 1.28 bits per heavy atom. The van der Waals surface area contributed by atoms with E-state index < -0.39 is 22.9 Å². The van der Waals surface area contributed by atoms with Crippen LogP contribution in [-0.4, -0.2) is 34.6 Å². The second kappa shape index (κ2) is 9.16. The van der Waals surface area contributed by atoms with Crippen LogP contribution < -0.4 is 0 Å². The number of unbranched alkanes of at least 4 members (excludes halogenated alkanes) is 2. The lowest BCUT2D eigenvalue weighted by Gasteiger charge is -2.24. The van der Waals surface area contributed by atoms with Gasteiger partial charge in [-0.3, -0.25) is 4.79 Å². The van der Waals surface area contributed by atoms with Gasteiger partial charge in [0, 0.05) is 12.3 Å². The predicted molar refractivity (Wildman–Crippen MR) is 95.2 cm³/mol. The maximum absolute atomic E-state index is 13.8. The summed E-state index contributed by atoms with van der Waals surface area (Å²) in [5, 5.41) is -0.416. The highest BCUT2D eigenvalue weighted by Crippen LogP contribution is 2.40. The van der Waals surface area contributed by atoms with E-state index in [9.17, 15) is 22.4 Å².